The first-order chi connectivity index (χ1) is 16.4. The summed E-state index contributed by atoms with van der Waals surface area (Å²) in [5.41, 5.74) is 3.64. The van der Waals surface area contributed by atoms with E-state index in [1.807, 2.05) is 19.1 Å². The van der Waals surface area contributed by atoms with E-state index in [-0.39, 0.29) is 23.3 Å². The summed E-state index contributed by atoms with van der Waals surface area (Å²) >= 11 is 0. The van der Waals surface area contributed by atoms with E-state index in [9.17, 15) is 9.59 Å². The Morgan fingerprint density at radius 2 is 1.97 bits per heavy atom. The maximum Gasteiger partial charge on any atom is 0.274 e. The molecule has 2 aromatic heterocycles. The molecule has 0 bridgehead atoms. The fraction of sp³-hybridized carbons (Fsp3) is 0.240. The highest BCUT2D eigenvalue weighted by atomic mass is 16.5. The third kappa shape index (κ3) is 3.85. The van der Waals surface area contributed by atoms with Crippen molar-refractivity contribution in [1.82, 2.24) is 25.3 Å². The van der Waals surface area contributed by atoms with Crippen LogP contribution in [0, 0.1) is 6.92 Å². The number of methoxy groups -OCH3 is 1. The molecule has 1 atom stereocenters. The second-order valence-electron chi connectivity index (χ2n) is 8.24. The minimum Gasteiger partial charge on any atom is -0.487 e. The number of amides is 1. The van der Waals surface area contributed by atoms with Crippen LogP contribution in [0.15, 0.2) is 53.3 Å². The highest BCUT2D eigenvalue weighted by molar-refractivity contribution is 6.04. The maximum absolute atomic E-state index is 13.0. The van der Waals surface area contributed by atoms with Gasteiger partial charge in [0.2, 0.25) is 5.88 Å². The second kappa shape index (κ2) is 8.58. The van der Waals surface area contributed by atoms with Gasteiger partial charge in [0.05, 0.1) is 24.7 Å². The SMILES string of the molecule is COc1ccc(-c2cc(C)cc3c2O[C@H](CNC(=O)c2nn(C)c(=O)c4ccccc24)C3)nn1. The molecule has 0 saturated carbocycles. The summed E-state index contributed by atoms with van der Waals surface area (Å²) in [6, 6.07) is 14.7. The molecule has 34 heavy (non-hydrogen) atoms. The predicted octanol–water partition coefficient (Wildman–Crippen LogP) is 2.44. The topological polar surface area (TPSA) is 108 Å². The van der Waals surface area contributed by atoms with Gasteiger partial charge in [-0.05, 0) is 36.2 Å². The van der Waals surface area contributed by atoms with Crippen LogP contribution in [0.25, 0.3) is 22.0 Å². The minimum atomic E-state index is -0.358. The molecule has 5 rings (SSSR count). The lowest BCUT2D eigenvalue weighted by Gasteiger charge is -2.14. The van der Waals surface area contributed by atoms with Gasteiger partial charge in [0.1, 0.15) is 11.9 Å². The van der Waals surface area contributed by atoms with Gasteiger partial charge in [-0.25, -0.2) is 4.68 Å². The van der Waals surface area contributed by atoms with Crippen LogP contribution in [0.2, 0.25) is 0 Å². The number of fused-ring (bicyclic) bond motifs is 2. The van der Waals surface area contributed by atoms with Gasteiger partial charge in [0, 0.05) is 30.5 Å². The number of nitrogens with zero attached hydrogens (tertiary/aromatic N) is 4. The highest BCUT2D eigenvalue weighted by Crippen LogP contribution is 2.39. The third-order valence-electron chi connectivity index (χ3n) is 5.83. The average Bonchev–Trinajstić information content (AvgIpc) is 3.27. The Morgan fingerprint density at radius 3 is 2.71 bits per heavy atom. The van der Waals surface area contributed by atoms with Gasteiger partial charge in [0.15, 0.2) is 5.69 Å². The van der Waals surface area contributed by atoms with E-state index in [0.29, 0.717) is 35.3 Å². The van der Waals surface area contributed by atoms with Gasteiger partial charge in [-0.1, -0.05) is 24.3 Å². The Balaban J connectivity index is 1.36. The van der Waals surface area contributed by atoms with Crippen LogP contribution in [0.3, 0.4) is 0 Å². The standard InChI is InChI=1S/C25H23N5O4/c1-14-10-15-12-16(34-23(15)19(11-14)20-8-9-21(33-3)28-27-20)13-26-24(31)22-17-6-4-5-7-18(17)25(32)30(2)29-22/h4-11,16H,12-13H2,1-3H3,(H,26,31)/t16-/m0/s1. The Kier molecular flexibility index (Phi) is 5.45. The lowest BCUT2D eigenvalue weighted by molar-refractivity contribution is 0.0928. The maximum atomic E-state index is 13.0. The lowest BCUT2D eigenvalue weighted by Crippen LogP contribution is -2.36. The fourth-order valence-electron chi connectivity index (χ4n) is 4.23. The number of nitrogens with one attached hydrogen (secondary N) is 1. The lowest BCUT2D eigenvalue weighted by atomic mass is 10.0. The molecule has 1 amide bonds. The van der Waals surface area contributed by atoms with Crippen molar-refractivity contribution in [2.24, 2.45) is 7.05 Å². The first-order valence-electron chi connectivity index (χ1n) is 10.9. The normalized spacial score (nSPS) is 14.5. The Morgan fingerprint density at radius 1 is 1.18 bits per heavy atom. The number of ether oxygens (including phenoxy) is 2. The van der Waals surface area contributed by atoms with Gasteiger partial charge in [-0.2, -0.15) is 5.10 Å². The zero-order chi connectivity index (χ0) is 23.8. The molecule has 172 valence electrons. The number of aromatic nitrogens is 4. The third-order valence-corrected chi connectivity index (χ3v) is 5.83. The van der Waals surface area contributed by atoms with Gasteiger partial charge in [-0.15, -0.1) is 10.2 Å². The average molecular weight is 457 g/mol. The van der Waals surface area contributed by atoms with Crippen LogP contribution in [0.5, 0.6) is 11.6 Å². The number of benzene rings is 2. The second-order valence-corrected chi connectivity index (χ2v) is 8.24. The van der Waals surface area contributed by atoms with Crippen molar-refractivity contribution in [2.75, 3.05) is 13.7 Å². The molecule has 0 saturated heterocycles. The molecule has 9 nitrogen and oxygen atoms in total. The molecule has 9 heteroatoms. The molecule has 0 radical (unpaired) electrons. The number of hydrogen-bond acceptors (Lipinski definition) is 7. The number of hydrogen-bond donors (Lipinski definition) is 1. The molecule has 2 aromatic carbocycles. The van der Waals surface area contributed by atoms with E-state index >= 15 is 0 Å². The zero-order valence-corrected chi connectivity index (χ0v) is 19.0. The molecule has 4 aromatic rings. The van der Waals surface area contributed by atoms with Crippen LogP contribution in [0.1, 0.15) is 21.6 Å². The fourth-order valence-corrected chi connectivity index (χ4v) is 4.23. The summed E-state index contributed by atoms with van der Waals surface area (Å²) in [5, 5.41) is 16.4. The van der Waals surface area contributed by atoms with Gasteiger partial charge >= 0.3 is 0 Å². The summed E-state index contributed by atoms with van der Waals surface area (Å²) in [5.74, 6) is 0.827. The van der Waals surface area contributed by atoms with E-state index < -0.39 is 0 Å². The number of aryl methyl sites for hydroxylation is 2. The van der Waals surface area contributed by atoms with Crippen molar-refractivity contribution >= 4 is 16.7 Å². The van der Waals surface area contributed by atoms with Crippen LogP contribution in [0.4, 0.5) is 0 Å². The molecule has 1 aliphatic rings. The molecule has 0 aliphatic carbocycles. The first kappa shape index (κ1) is 21.6. The van der Waals surface area contributed by atoms with Crippen molar-refractivity contribution in [3.8, 4) is 22.9 Å². The minimum absolute atomic E-state index is 0.207. The monoisotopic (exact) mass is 457 g/mol. The van der Waals surface area contributed by atoms with E-state index in [0.717, 1.165) is 22.4 Å². The number of carbonyl (C=O) groups excluding carboxylic acids is 1. The molecule has 3 heterocycles. The molecular formula is C25H23N5O4. The van der Waals surface area contributed by atoms with Crippen molar-refractivity contribution in [2.45, 2.75) is 19.4 Å². The summed E-state index contributed by atoms with van der Waals surface area (Å²) < 4.78 is 12.5. The van der Waals surface area contributed by atoms with Crippen molar-refractivity contribution < 1.29 is 14.3 Å². The van der Waals surface area contributed by atoms with Crippen LogP contribution in [-0.2, 0) is 13.5 Å². The van der Waals surface area contributed by atoms with E-state index in [1.54, 1.807) is 37.4 Å². The molecule has 0 fully saturated rings. The highest BCUT2D eigenvalue weighted by Gasteiger charge is 2.28. The zero-order valence-electron chi connectivity index (χ0n) is 19.0. The Hall–Kier alpha value is -4.27. The van der Waals surface area contributed by atoms with Crippen LogP contribution >= 0.6 is 0 Å². The quantitative estimate of drug-likeness (QED) is 0.490. The van der Waals surface area contributed by atoms with Crippen molar-refractivity contribution in [3.63, 3.8) is 0 Å². The van der Waals surface area contributed by atoms with Gasteiger partial charge in [-0.3, -0.25) is 9.59 Å². The van der Waals surface area contributed by atoms with Crippen molar-refractivity contribution in [1.29, 1.82) is 0 Å². The van der Waals surface area contributed by atoms with E-state index in [1.165, 1.54) is 11.7 Å². The van der Waals surface area contributed by atoms with Crippen molar-refractivity contribution in [3.05, 3.63) is 75.7 Å². The summed E-state index contributed by atoms with van der Waals surface area (Å²) in [7, 11) is 3.08. The molecular weight excluding hydrogens is 434 g/mol. The van der Waals surface area contributed by atoms with Gasteiger partial charge in [0.25, 0.3) is 11.5 Å². The molecule has 0 spiro atoms. The Bertz CT molecular complexity index is 1460. The molecule has 0 unspecified atom stereocenters. The van der Waals surface area contributed by atoms with Crippen LogP contribution < -0.4 is 20.3 Å². The van der Waals surface area contributed by atoms with Gasteiger partial charge < -0.3 is 14.8 Å². The number of rotatable bonds is 5. The summed E-state index contributed by atoms with van der Waals surface area (Å²) in [6.45, 7) is 2.31. The predicted molar refractivity (Wildman–Crippen MR) is 126 cm³/mol. The molecule has 1 N–H and O–H groups in total. The van der Waals surface area contributed by atoms with E-state index in [2.05, 4.69) is 26.7 Å². The smallest absolute Gasteiger partial charge is 0.274 e. The Labute approximate surface area is 195 Å². The molecule has 1 aliphatic heterocycles. The summed E-state index contributed by atoms with van der Waals surface area (Å²) in [6.07, 6.45) is 0.402. The van der Waals surface area contributed by atoms with E-state index in [4.69, 9.17) is 9.47 Å². The largest absolute Gasteiger partial charge is 0.487 e. The first-order valence-corrected chi connectivity index (χ1v) is 10.9. The summed E-state index contributed by atoms with van der Waals surface area (Å²) in [4.78, 5) is 25.3. The van der Waals surface area contributed by atoms with Crippen LogP contribution in [-0.4, -0.2) is 45.6 Å². The number of carbonyl (C=O) groups is 1.